The highest BCUT2D eigenvalue weighted by molar-refractivity contribution is 7.99. The van der Waals surface area contributed by atoms with E-state index in [2.05, 4.69) is 62.8 Å². The largest absolute Gasteiger partial charge is 0.361 e. The van der Waals surface area contributed by atoms with Gasteiger partial charge in [-0.15, -0.1) is 0 Å². The quantitative estimate of drug-likeness (QED) is 0.221. The fourth-order valence-electron chi connectivity index (χ4n) is 5.50. The predicted octanol–water partition coefficient (Wildman–Crippen LogP) is 5.84. The van der Waals surface area contributed by atoms with Crippen LogP contribution in [-0.2, 0) is 5.41 Å². The van der Waals surface area contributed by atoms with Crippen LogP contribution < -0.4 is 15.5 Å². The molecule has 3 aromatic rings. The van der Waals surface area contributed by atoms with Crippen LogP contribution in [0.4, 0.5) is 11.8 Å². The lowest BCUT2D eigenvalue weighted by atomic mass is 9.69. The first-order valence-electron chi connectivity index (χ1n) is 13.3. The fraction of sp³-hybridized carbons (Fsp3) is 0.464. The van der Waals surface area contributed by atoms with Crippen LogP contribution in [0.5, 0.6) is 0 Å². The Bertz CT molecular complexity index is 1170. The van der Waals surface area contributed by atoms with E-state index in [4.69, 9.17) is 22.2 Å². The zero-order valence-corrected chi connectivity index (χ0v) is 23.0. The maximum absolute atomic E-state index is 5.75. The zero-order chi connectivity index (χ0) is 25.5. The lowest BCUT2D eigenvalue weighted by Crippen LogP contribution is -2.43. The number of nitrogens with zero attached hydrogens (tertiary/aromatic N) is 5. The van der Waals surface area contributed by atoms with Crippen molar-refractivity contribution in [3.8, 4) is 0 Å². The number of hydrogen-bond donors (Lipinski definition) is 2. The topological polar surface area (TPSA) is 78.9 Å². The van der Waals surface area contributed by atoms with Crippen molar-refractivity contribution in [3.05, 3.63) is 60.4 Å². The third-order valence-electron chi connectivity index (χ3n) is 7.42. The molecule has 3 heterocycles. The molecule has 37 heavy (non-hydrogen) atoms. The molecule has 1 aliphatic heterocycles. The summed E-state index contributed by atoms with van der Waals surface area (Å²) in [5.41, 5.74) is 1.49. The van der Waals surface area contributed by atoms with Crippen molar-refractivity contribution in [3.63, 3.8) is 0 Å². The molecule has 0 amide bonds. The summed E-state index contributed by atoms with van der Waals surface area (Å²) in [5.74, 6) is 2.06. The van der Waals surface area contributed by atoms with E-state index in [1.807, 2.05) is 12.1 Å². The number of anilines is 2. The van der Waals surface area contributed by atoms with E-state index in [1.165, 1.54) is 62.3 Å². The summed E-state index contributed by atoms with van der Waals surface area (Å²) in [4.78, 5) is 20.7. The van der Waals surface area contributed by atoms with Gasteiger partial charge in [0.25, 0.3) is 0 Å². The molecule has 9 heteroatoms. The monoisotopic (exact) mass is 533 g/mol. The number of thiocarbonyl (C=S) groups is 1. The van der Waals surface area contributed by atoms with Crippen LogP contribution in [0.2, 0.25) is 0 Å². The molecule has 2 aromatic heterocycles. The van der Waals surface area contributed by atoms with Gasteiger partial charge in [0.15, 0.2) is 10.3 Å². The first kappa shape index (κ1) is 25.9. The molecule has 2 N–H and O–H groups in total. The highest BCUT2D eigenvalue weighted by atomic mass is 32.2. The van der Waals surface area contributed by atoms with E-state index in [-0.39, 0.29) is 5.41 Å². The van der Waals surface area contributed by atoms with Crippen LogP contribution in [0.25, 0.3) is 0 Å². The van der Waals surface area contributed by atoms with Crippen molar-refractivity contribution in [2.45, 2.75) is 67.5 Å². The Morgan fingerprint density at radius 3 is 2.59 bits per heavy atom. The molecule has 0 spiro atoms. The van der Waals surface area contributed by atoms with Crippen LogP contribution in [0.3, 0.4) is 0 Å². The van der Waals surface area contributed by atoms with Crippen LogP contribution in [0, 0.1) is 5.92 Å². The molecule has 1 aromatic carbocycles. The van der Waals surface area contributed by atoms with Crippen molar-refractivity contribution in [2.24, 2.45) is 5.92 Å². The first-order chi connectivity index (χ1) is 18.1. The first-order valence-corrected chi connectivity index (χ1v) is 14.5. The number of aromatic nitrogens is 4. The van der Waals surface area contributed by atoms with E-state index in [1.54, 1.807) is 12.4 Å². The van der Waals surface area contributed by atoms with Gasteiger partial charge in [-0.05, 0) is 67.2 Å². The van der Waals surface area contributed by atoms with E-state index < -0.39 is 0 Å². The second-order valence-corrected chi connectivity index (χ2v) is 11.6. The van der Waals surface area contributed by atoms with Gasteiger partial charge in [-0.2, -0.15) is 4.98 Å². The summed E-state index contributed by atoms with van der Waals surface area (Å²) in [6.07, 6.45) is 12.1. The van der Waals surface area contributed by atoms with E-state index in [0.717, 1.165) is 30.5 Å². The number of hydrogen-bond acceptors (Lipinski definition) is 7. The highest BCUT2D eigenvalue weighted by Crippen LogP contribution is 2.39. The minimum absolute atomic E-state index is 0.101. The third kappa shape index (κ3) is 6.76. The molecule has 0 unspecified atom stereocenters. The van der Waals surface area contributed by atoms with Gasteiger partial charge in [0, 0.05) is 43.5 Å². The molecule has 2 fully saturated rings. The van der Waals surface area contributed by atoms with Gasteiger partial charge in [-0.3, -0.25) is 0 Å². The van der Waals surface area contributed by atoms with Crippen molar-refractivity contribution in [1.82, 2.24) is 25.3 Å². The van der Waals surface area contributed by atoms with Crippen molar-refractivity contribution >= 4 is 40.9 Å². The SMILES string of the molecule is C[C@@H]1CCCN(c2cc(Sc3ncccn3)nc(NC(=S)NCC3(c4ccccc4)CCCCC3)n2)C1. The Morgan fingerprint density at radius 1 is 1.05 bits per heavy atom. The molecule has 1 saturated heterocycles. The fourth-order valence-corrected chi connectivity index (χ4v) is 6.37. The Morgan fingerprint density at radius 2 is 1.84 bits per heavy atom. The summed E-state index contributed by atoms with van der Waals surface area (Å²) in [5, 5.41) is 8.81. The van der Waals surface area contributed by atoms with Crippen LogP contribution in [0.1, 0.15) is 57.4 Å². The van der Waals surface area contributed by atoms with Gasteiger partial charge in [-0.25, -0.2) is 15.0 Å². The van der Waals surface area contributed by atoms with Crippen molar-refractivity contribution in [2.75, 3.05) is 29.9 Å². The molecule has 2 aliphatic rings. The van der Waals surface area contributed by atoms with Gasteiger partial charge >= 0.3 is 0 Å². The predicted molar refractivity (Wildman–Crippen MR) is 154 cm³/mol. The zero-order valence-electron chi connectivity index (χ0n) is 21.4. The van der Waals surface area contributed by atoms with E-state index in [0.29, 0.717) is 22.1 Å². The van der Waals surface area contributed by atoms with Gasteiger partial charge in [-0.1, -0.05) is 56.5 Å². The molecule has 5 rings (SSSR count). The van der Waals surface area contributed by atoms with Crippen LogP contribution in [-0.4, -0.2) is 44.7 Å². The Kier molecular flexibility index (Phi) is 8.51. The molecule has 1 atom stereocenters. The molecule has 7 nitrogen and oxygen atoms in total. The number of piperidine rings is 1. The summed E-state index contributed by atoms with van der Waals surface area (Å²) < 4.78 is 0. The van der Waals surface area contributed by atoms with Crippen molar-refractivity contribution in [1.29, 1.82) is 0 Å². The molecular weight excluding hydrogens is 498 g/mol. The normalized spacial score (nSPS) is 19.3. The summed E-state index contributed by atoms with van der Waals surface area (Å²) in [6, 6.07) is 14.7. The standard InChI is InChI=1S/C28H35N7S2/c1-21-10-8-17-35(19-21)23-18-24(37-27-29-15-9-16-30-27)33-25(32-23)34-26(36)31-20-28(13-6-3-7-14-28)22-11-4-2-5-12-22/h2,4-5,9,11-12,15-16,18,21H,3,6-8,10,13-14,17,19-20H2,1H3,(H2,31,32,33,34,36)/t21-/m1/s1. The van der Waals surface area contributed by atoms with Gasteiger partial charge in [0.2, 0.25) is 5.95 Å². The maximum Gasteiger partial charge on any atom is 0.232 e. The average molecular weight is 534 g/mol. The number of nitrogens with one attached hydrogen (secondary N) is 2. The minimum Gasteiger partial charge on any atom is -0.361 e. The van der Waals surface area contributed by atoms with E-state index >= 15 is 0 Å². The minimum atomic E-state index is 0.101. The second kappa shape index (κ2) is 12.2. The Hall–Kier alpha value is -2.78. The Labute approximate surface area is 229 Å². The molecule has 1 aliphatic carbocycles. The molecular formula is C28H35N7S2. The molecule has 1 saturated carbocycles. The number of benzene rings is 1. The average Bonchev–Trinajstić information content (AvgIpc) is 2.93. The summed E-state index contributed by atoms with van der Waals surface area (Å²) >= 11 is 7.19. The van der Waals surface area contributed by atoms with E-state index in [9.17, 15) is 0 Å². The molecule has 0 bridgehead atoms. The second-order valence-electron chi connectivity index (χ2n) is 10.2. The smallest absolute Gasteiger partial charge is 0.232 e. The lowest BCUT2D eigenvalue weighted by molar-refractivity contribution is 0.292. The third-order valence-corrected chi connectivity index (χ3v) is 8.48. The number of rotatable bonds is 7. The van der Waals surface area contributed by atoms with Gasteiger partial charge in [0.1, 0.15) is 10.8 Å². The Balaban J connectivity index is 1.33. The van der Waals surface area contributed by atoms with Crippen molar-refractivity contribution < 1.29 is 0 Å². The van der Waals surface area contributed by atoms with Crippen LogP contribution >= 0.6 is 24.0 Å². The maximum atomic E-state index is 5.75. The highest BCUT2D eigenvalue weighted by Gasteiger charge is 2.33. The lowest BCUT2D eigenvalue weighted by Gasteiger charge is -2.38. The molecule has 194 valence electrons. The van der Waals surface area contributed by atoms with Gasteiger partial charge in [0.05, 0.1) is 0 Å². The molecule has 0 radical (unpaired) electrons. The summed E-state index contributed by atoms with van der Waals surface area (Å²) in [6.45, 7) is 5.08. The van der Waals surface area contributed by atoms with Crippen LogP contribution in [0.15, 0.2) is 65.0 Å². The van der Waals surface area contributed by atoms with Gasteiger partial charge < -0.3 is 15.5 Å². The summed E-state index contributed by atoms with van der Waals surface area (Å²) in [7, 11) is 0.